The number of hydrogen-bond acceptors (Lipinski definition) is 2. The van der Waals surface area contributed by atoms with E-state index >= 15 is 0 Å². The van der Waals surface area contributed by atoms with Crippen LogP contribution in [0.1, 0.15) is 56.7 Å². The van der Waals surface area contributed by atoms with Gasteiger partial charge < -0.3 is 9.47 Å². The molecule has 2 aliphatic rings. The first-order valence-electron chi connectivity index (χ1n) is 11.2. The predicted octanol–water partition coefficient (Wildman–Crippen LogP) is 6.18. The zero-order valence-corrected chi connectivity index (χ0v) is 18.0. The molecule has 156 valence electrons. The lowest BCUT2D eigenvalue weighted by atomic mass is 9.87. The van der Waals surface area contributed by atoms with Crippen molar-refractivity contribution in [2.75, 3.05) is 11.4 Å². The molecule has 1 aliphatic carbocycles. The van der Waals surface area contributed by atoms with Crippen molar-refractivity contribution in [3.63, 3.8) is 0 Å². The summed E-state index contributed by atoms with van der Waals surface area (Å²) in [5, 5.41) is 0.656. The second kappa shape index (κ2) is 8.43. The van der Waals surface area contributed by atoms with E-state index in [4.69, 9.17) is 16.6 Å². The van der Waals surface area contributed by atoms with E-state index in [9.17, 15) is 4.79 Å². The van der Waals surface area contributed by atoms with Gasteiger partial charge in [0.25, 0.3) is 0 Å². The fourth-order valence-corrected chi connectivity index (χ4v) is 5.39. The second-order valence-electron chi connectivity index (χ2n) is 8.79. The molecule has 3 aromatic rings. The average molecular weight is 422 g/mol. The molecule has 2 aromatic carbocycles. The minimum absolute atomic E-state index is 0.107. The minimum Gasteiger partial charge on any atom is -0.328 e. The number of carbonyl (C=O) groups excluding carboxylic acids is 1. The van der Waals surface area contributed by atoms with Gasteiger partial charge in [0.15, 0.2) is 0 Å². The summed E-state index contributed by atoms with van der Waals surface area (Å²) < 4.78 is 2.39. The topological polar surface area (TPSA) is 38.1 Å². The molecule has 30 heavy (non-hydrogen) atoms. The predicted molar refractivity (Wildman–Crippen MR) is 122 cm³/mol. The normalized spacial score (nSPS) is 20.4. The fraction of sp³-hybridized carbons (Fsp3) is 0.440. The molecule has 4 nitrogen and oxygen atoms in total. The number of imidazole rings is 1. The number of hydrogen-bond donors (Lipinski definition) is 0. The van der Waals surface area contributed by atoms with Crippen molar-refractivity contribution in [3.05, 3.63) is 59.4 Å². The Morgan fingerprint density at radius 2 is 1.87 bits per heavy atom. The Hall–Kier alpha value is -2.33. The number of benzene rings is 2. The van der Waals surface area contributed by atoms with Crippen molar-refractivity contribution >= 4 is 34.2 Å². The summed E-state index contributed by atoms with van der Waals surface area (Å²) >= 11 is 6.16. The van der Waals surface area contributed by atoms with Crippen LogP contribution in [0, 0.1) is 5.92 Å². The van der Waals surface area contributed by atoms with E-state index in [-0.39, 0.29) is 11.8 Å². The molecule has 1 saturated heterocycles. The van der Waals surface area contributed by atoms with Crippen LogP contribution in [0.4, 0.5) is 5.69 Å². The standard InChI is InChI=1S/C25H28ClN3O/c26-20-9-6-10-21(16-20)29-17-19(15-24(29)30)25-27-22-11-4-5-12-23(22)28(25)14-13-18-7-2-1-3-8-18/h4-6,9-12,16,18-19H,1-3,7-8,13-15,17H2. The van der Waals surface area contributed by atoms with Gasteiger partial charge in [0.1, 0.15) is 5.82 Å². The fourth-order valence-electron chi connectivity index (χ4n) is 5.20. The highest BCUT2D eigenvalue weighted by molar-refractivity contribution is 6.30. The molecule has 0 N–H and O–H groups in total. The van der Waals surface area contributed by atoms with Crippen LogP contribution in [-0.4, -0.2) is 22.0 Å². The minimum atomic E-state index is 0.107. The summed E-state index contributed by atoms with van der Waals surface area (Å²) in [5.74, 6) is 2.13. The van der Waals surface area contributed by atoms with Gasteiger partial charge in [-0.25, -0.2) is 4.98 Å². The van der Waals surface area contributed by atoms with Crippen LogP contribution in [0.15, 0.2) is 48.5 Å². The second-order valence-corrected chi connectivity index (χ2v) is 9.22. The lowest BCUT2D eigenvalue weighted by Gasteiger charge is -2.23. The Bertz CT molecular complexity index is 1050. The first-order chi connectivity index (χ1) is 14.7. The summed E-state index contributed by atoms with van der Waals surface area (Å²) in [5.41, 5.74) is 3.10. The highest BCUT2D eigenvalue weighted by Gasteiger charge is 2.35. The smallest absolute Gasteiger partial charge is 0.227 e. The van der Waals surface area contributed by atoms with Crippen LogP contribution in [0.5, 0.6) is 0 Å². The van der Waals surface area contributed by atoms with Crippen molar-refractivity contribution in [1.29, 1.82) is 0 Å². The number of carbonyl (C=O) groups is 1. The van der Waals surface area contributed by atoms with Crippen molar-refractivity contribution < 1.29 is 4.79 Å². The van der Waals surface area contributed by atoms with Crippen LogP contribution in [0.2, 0.25) is 5.02 Å². The zero-order chi connectivity index (χ0) is 20.5. The third-order valence-corrected chi connectivity index (χ3v) is 7.01. The van der Waals surface area contributed by atoms with Gasteiger partial charge in [0.05, 0.1) is 11.0 Å². The maximum Gasteiger partial charge on any atom is 0.227 e. The third-order valence-electron chi connectivity index (χ3n) is 6.78. The van der Waals surface area contributed by atoms with Crippen molar-refractivity contribution in [3.8, 4) is 0 Å². The van der Waals surface area contributed by atoms with Gasteiger partial charge in [-0.3, -0.25) is 4.79 Å². The van der Waals surface area contributed by atoms with E-state index < -0.39 is 0 Å². The number of aryl methyl sites for hydroxylation is 1. The van der Waals surface area contributed by atoms with E-state index in [1.807, 2.05) is 35.2 Å². The van der Waals surface area contributed by atoms with Crippen LogP contribution < -0.4 is 4.90 Å². The van der Waals surface area contributed by atoms with E-state index in [0.717, 1.165) is 29.5 Å². The van der Waals surface area contributed by atoms with Gasteiger partial charge in [-0.15, -0.1) is 0 Å². The molecule has 1 aliphatic heterocycles. The molecule has 0 bridgehead atoms. The van der Waals surface area contributed by atoms with Gasteiger partial charge in [-0.2, -0.15) is 0 Å². The van der Waals surface area contributed by atoms with E-state index in [2.05, 4.69) is 22.8 Å². The Kier molecular flexibility index (Phi) is 5.51. The number of anilines is 1. The first-order valence-corrected chi connectivity index (χ1v) is 11.6. The molecule has 5 rings (SSSR count). The summed E-state index contributed by atoms with van der Waals surface area (Å²) in [6, 6.07) is 15.9. The third kappa shape index (κ3) is 3.85. The number of amides is 1. The molecule has 0 radical (unpaired) electrons. The lowest BCUT2D eigenvalue weighted by Crippen LogP contribution is -2.24. The number of halogens is 1. The highest BCUT2D eigenvalue weighted by atomic mass is 35.5. The Morgan fingerprint density at radius 1 is 1.03 bits per heavy atom. The van der Waals surface area contributed by atoms with Gasteiger partial charge in [0.2, 0.25) is 5.91 Å². The van der Waals surface area contributed by atoms with Crippen LogP contribution in [0.3, 0.4) is 0 Å². The van der Waals surface area contributed by atoms with Crippen molar-refractivity contribution in [2.24, 2.45) is 5.92 Å². The number of rotatable bonds is 5. The monoisotopic (exact) mass is 421 g/mol. The first kappa shape index (κ1) is 19.6. The van der Waals surface area contributed by atoms with E-state index in [0.29, 0.717) is 18.0 Å². The molecular weight excluding hydrogens is 394 g/mol. The molecule has 1 aromatic heterocycles. The maximum atomic E-state index is 12.8. The summed E-state index contributed by atoms with van der Waals surface area (Å²) in [6.07, 6.45) is 8.53. The Labute approximate surface area is 182 Å². The SMILES string of the molecule is O=C1CC(c2nc3ccccc3n2CCC2CCCCC2)CN1c1cccc(Cl)c1. The molecule has 2 heterocycles. The maximum absolute atomic E-state index is 12.8. The molecular formula is C25H28ClN3O. The van der Waals surface area contributed by atoms with Crippen LogP contribution >= 0.6 is 11.6 Å². The van der Waals surface area contributed by atoms with Crippen molar-refractivity contribution in [1.82, 2.24) is 9.55 Å². The number of para-hydroxylation sites is 2. The number of fused-ring (bicyclic) bond motifs is 1. The molecule has 0 spiro atoms. The summed E-state index contributed by atoms with van der Waals surface area (Å²) in [4.78, 5) is 19.7. The molecule has 1 unspecified atom stereocenters. The molecule has 2 fully saturated rings. The van der Waals surface area contributed by atoms with Gasteiger partial charge >= 0.3 is 0 Å². The highest BCUT2D eigenvalue weighted by Crippen LogP contribution is 2.35. The lowest BCUT2D eigenvalue weighted by molar-refractivity contribution is -0.117. The zero-order valence-electron chi connectivity index (χ0n) is 17.3. The van der Waals surface area contributed by atoms with Gasteiger partial charge in [0, 0.05) is 36.1 Å². The van der Waals surface area contributed by atoms with Crippen LogP contribution in [-0.2, 0) is 11.3 Å². The van der Waals surface area contributed by atoms with Gasteiger partial charge in [-0.1, -0.05) is 61.9 Å². The largest absolute Gasteiger partial charge is 0.328 e. The quantitative estimate of drug-likeness (QED) is 0.493. The number of aromatic nitrogens is 2. The summed E-state index contributed by atoms with van der Waals surface area (Å²) in [6.45, 7) is 1.65. The molecule has 1 atom stereocenters. The molecule has 5 heteroatoms. The number of nitrogens with zero attached hydrogens (tertiary/aromatic N) is 3. The van der Waals surface area contributed by atoms with Gasteiger partial charge in [-0.05, 0) is 42.7 Å². The van der Waals surface area contributed by atoms with E-state index in [1.54, 1.807) is 0 Å². The van der Waals surface area contributed by atoms with E-state index in [1.165, 1.54) is 44.0 Å². The average Bonchev–Trinajstić information content (AvgIpc) is 3.33. The molecule has 1 amide bonds. The molecule has 1 saturated carbocycles. The van der Waals surface area contributed by atoms with Crippen molar-refractivity contribution in [2.45, 2.75) is 57.4 Å². The summed E-state index contributed by atoms with van der Waals surface area (Å²) in [7, 11) is 0. The Balaban J connectivity index is 1.42. The Morgan fingerprint density at radius 3 is 2.70 bits per heavy atom. The van der Waals surface area contributed by atoms with Crippen LogP contribution in [0.25, 0.3) is 11.0 Å².